The van der Waals surface area contributed by atoms with E-state index in [0.717, 1.165) is 6.04 Å². The molecule has 2 atom stereocenters. The standard InChI is InChI=1S/C24H40FNO5SSi/c1-9-31-22(27)18(2)19-10-11-20(21(25)14-19)24(15-30-16-24)26(32(28)23(3,4)5)17-29-12-13-33(6,7)8/h10-11,14,18H,9,12-13,15-17H2,1-8H3. The van der Waals surface area contributed by atoms with Crippen molar-refractivity contribution in [2.24, 2.45) is 0 Å². The summed E-state index contributed by atoms with van der Waals surface area (Å²) in [6, 6.07) is 5.78. The third kappa shape index (κ3) is 7.02. The van der Waals surface area contributed by atoms with Crippen molar-refractivity contribution in [2.45, 2.75) is 76.5 Å². The van der Waals surface area contributed by atoms with E-state index >= 15 is 4.39 Å². The third-order valence-electron chi connectivity index (χ3n) is 5.72. The van der Waals surface area contributed by atoms with Gasteiger partial charge in [-0.15, -0.1) is 0 Å². The number of nitrogens with zero attached hydrogens (tertiary/aromatic N) is 1. The van der Waals surface area contributed by atoms with Crippen LogP contribution in [0, 0.1) is 5.82 Å². The molecule has 1 aromatic rings. The van der Waals surface area contributed by atoms with Gasteiger partial charge in [-0.05, 0) is 52.3 Å². The van der Waals surface area contributed by atoms with Crippen molar-refractivity contribution in [3.63, 3.8) is 0 Å². The first-order valence-electron chi connectivity index (χ1n) is 11.5. The van der Waals surface area contributed by atoms with Gasteiger partial charge >= 0.3 is 5.97 Å². The Morgan fingerprint density at radius 1 is 1.33 bits per heavy atom. The van der Waals surface area contributed by atoms with Crippen molar-refractivity contribution in [1.29, 1.82) is 0 Å². The number of hydrogen-bond acceptors (Lipinski definition) is 6. The number of carbonyl (C=O) groups is 1. The number of esters is 1. The van der Waals surface area contributed by atoms with Crippen LogP contribution in [-0.2, 0) is 35.9 Å². The number of rotatable bonds is 11. The molecule has 1 saturated heterocycles. The number of hydrogen-bond donors (Lipinski definition) is 0. The molecule has 0 bridgehead atoms. The van der Waals surface area contributed by atoms with Crippen LogP contribution < -0.4 is 0 Å². The fraction of sp³-hybridized carbons (Fsp3) is 0.708. The van der Waals surface area contributed by atoms with Crippen LogP contribution in [0.2, 0.25) is 25.7 Å². The van der Waals surface area contributed by atoms with Gasteiger partial charge in [0.1, 0.15) is 22.8 Å². The molecule has 1 heterocycles. The van der Waals surface area contributed by atoms with Crippen molar-refractivity contribution in [2.75, 3.05) is 33.2 Å². The van der Waals surface area contributed by atoms with Crippen LogP contribution in [0.4, 0.5) is 4.39 Å². The second-order valence-electron chi connectivity index (χ2n) is 10.8. The van der Waals surface area contributed by atoms with Crippen molar-refractivity contribution in [3.8, 4) is 0 Å². The molecule has 33 heavy (non-hydrogen) atoms. The molecule has 0 saturated carbocycles. The number of ether oxygens (including phenoxy) is 3. The van der Waals surface area contributed by atoms with Crippen LogP contribution in [0.15, 0.2) is 18.2 Å². The summed E-state index contributed by atoms with van der Waals surface area (Å²) in [7, 11) is -1.28. The van der Waals surface area contributed by atoms with Gasteiger partial charge in [-0.1, -0.05) is 36.1 Å². The second kappa shape index (κ2) is 11.2. The minimum atomic E-state index is -1.45. The summed E-state index contributed by atoms with van der Waals surface area (Å²) >= 11 is -1.45. The molecular weight excluding hydrogens is 461 g/mol. The molecular formula is C24H40FNO5SSi. The summed E-state index contributed by atoms with van der Waals surface area (Å²) in [6.07, 6.45) is 0. The maximum absolute atomic E-state index is 15.5. The average molecular weight is 502 g/mol. The van der Waals surface area contributed by atoms with Crippen LogP contribution in [0.5, 0.6) is 0 Å². The smallest absolute Gasteiger partial charge is 0.313 e. The van der Waals surface area contributed by atoms with Gasteiger partial charge in [0.25, 0.3) is 0 Å². The molecule has 0 aromatic heterocycles. The zero-order valence-corrected chi connectivity index (χ0v) is 23.1. The predicted molar refractivity (Wildman–Crippen MR) is 133 cm³/mol. The molecule has 0 amide bonds. The van der Waals surface area contributed by atoms with Crippen LogP contribution in [0.25, 0.3) is 0 Å². The number of halogens is 1. The van der Waals surface area contributed by atoms with E-state index in [0.29, 0.717) is 17.7 Å². The lowest BCUT2D eigenvalue weighted by atomic mass is 9.86. The van der Waals surface area contributed by atoms with E-state index in [1.165, 1.54) is 6.07 Å². The molecule has 1 fully saturated rings. The molecule has 0 spiro atoms. The molecule has 2 rings (SSSR count). The Morgan fingerprint density at radius 3 is 2.42 bits per heavy atom. The highest BCUT2D eigenvalue weighted by Crippen LogP contribution is 2.42. The zero-order valence-electron chi connectivity index (χ0n) is 21.3. The molecule has 0 N–H and O–H groups in total. The van der Waals surface area contributed by atoms with Gasteiger partial charge in [0.05, 0.1) is 25.7 Å². The average Bonchev–Trinajstić information content (AvgIpc) is 2.67. The molecule has 188 valence electrons. The van der Waals surface area contributed by atoms with Crippen LogP contribution >= 0.6 is 0 Å². The zero-order chi connectivity index (χ0) is 25.0. The highest BCUT2D eigenvalue weighted by atomic mass is 32.2. The van der Waals surface area contributed by atoms with Gasteiger partial charge in [0, 0.05) is 31.6 Å². The molecule has 1 aliphatic heterocycles. The van der Waals surface area contributed by atoms with Gasteiger partial charge in [0.2, 0.25) is 0 Å². The van der Waals surface area contributed by atoms with Gasteiger partial charge in [-0.25, -0.2) is 4.39 Å². The Balaban J connectivity index is 2.35. The quantitative estimate of drug-likeness (QED) is 0.143. The van der Waals surface area contributed by atoms with E-state index in [1.807, 2.05) is 20.8 Å². The van der Waals surface area contributed by atoms with E-state index < -0.39 is 47.4 Å². The summed E-state index contributed by atoms with van der Waals surface area (Å²) in [5, 5.41) is 0. The third-order valence-corrected chi connectivity index (χ3v) is 9.33. The maximum atomic E-state index is 15.5. The van der Waals surface area contributed by atoms with Crippen molar-refractivity contribution >= 4 is 25.4 Å². The summed E-state index contributed by atoms with van der Waals surface area (Å²) in [5.74, 6) is -1.42. The Bertz CT molecular complexity index is 807. The Kier molecular flexibility index (Phi) is 9.57. The number of benzene rings is 1. The Labute approximate surface area is 202 Å². The largest absolute Gasteiger partial charge is 0.597 e. The molecule has 6 nitrogen and oxygen atoms in total. The Morgan fingerprint density at radius 2 is 1.97 bits per heavy atom. The predicted octanol–water partition coefficient (Wildman–Crippen LogP) is 4.79. The van der Waals surface area contributed by atoms with Crippen molar-refractivity contribution in [3.05, 3.63) is 35.1 Å². The van der Waals surface area contributed by atoms with Gasteiger partial charge in [-0.2, -0.15) is 0 Å². The van der Waals surface area contributed by atoms with Gasteiger partial charge in [-0.3, -0.25) is 4.79 Å². The highest BCUT2D eigenvalue weighted by molar-refractivity contribution is 7.90. The first-order chi connectivity index (χ1) is 15.2. The van der Waals surface area contributed by atoms with Crippen LogP contribution in [-0.4, -0.2) is 60.8 Å². The number of carbonyl (C=O) groups excluding carboxylic acids is 1. The normalized spacial score (nSPS) is 18.0. The monoisotopic (exact) mass is 501 g/mol. The minimum Gasteiger partial charge on any atom is -0.597 e. The topological polar surface area (TPSA) is 71.1 Å². The van der Waals surface area contributed by atoms with Crippen LogP contribution in [0.3, 0.4) is 0 Å². The first-order valence-corrected chi connectivity index (χ1v) is 16.4. The lowest BCUT2D eigenvalue weighted by Crippen LogP contribution is -2.64. The summed E-state index contributed by atoms with van der Waals surface area (Å²) < 4.78 is 46.8. The molecule has 1 aliphatic rings. The fourth-order valence-corrected chi connectivity index (χ4v) is 5.61. The molecule has 0 radical (unpaired) electrons. The van der Waals surface area contributed by atoms with Crippen molar-refractivity contribution in [1.82, 2.24) is 4.31 Å². The van der Waals surface area contributed by atoms with Crippen molar-refractivity contribution < 1.29 is 27.9 Å². The van der Waals surface area contributed by atoms with E-state index in [1.54, 1.807) is 30.3 Å². The molecule has 1 aromatic carbocycles. The lowest BCUT2D eigenvalue weighted by molar-refractivity contribution is -0.144. The SMILES string of the molecule is CCOC(=O)C(C)c1ccc(C2(N(COCC[Si](C)(C)C)[S+]([O-])C(C)(C)C)COC2)c(F)c1. The minimum absolute atomic E-state index is 0.123. The first kappa shape index (κ1) is 28.3. The maximum Gasteiger partial charge on any atom is 0.313 e. The van der Waals surface area contributed by atoms with Gasteiger partial charge in [0.15, 0.2) is 0 Å². The molecule has 9 heteroatoms. The van der Waals surface area contributed by atoms with E-state index in [2.05, 4.69) is 19.6 Å². The summed E-state index contributed by atoms with van der Waals surface area (Å²) in [6.45, 7) is 17.4. The van der Waals surface area contributed by atoms with Crippen LogP contribution in [0.1, 0.15) is 51.7 Å². The summed E-state index contributed by atoms with van der Waals surface area (Å²) in [5.41, 5.74) is 0.0486. The highest BCUT2D eigenvalue weighted by Gasteiger charge is 2.55. The van der Waals surface area contributed by atoms with E-state index in [9.17, 15) is 9.35 Å². The van der Waals surface area contributed by atoms with E-state index in [4.69, 9.17) is 14.2 Å². The van der Waals surface area contributed by atoms with E-state index in [-0.39, 0.29) is 26.6 Å². The van der Waals surface area contributed by atoms with Gasteiger partial charge < -0.3 is 18.8 Å². The Hall–Kier alpha value is -0.973. The molecule has 2 unspecified atom stereocenters. The lowest BCUT2D eigenvalue weighted by Gasteiger charge is -2.50. The summed E-state index contributed by atoms with van der Waals surface area (Å²) in [4.78, 5) is 12.1. The second-order valence-corrected chi connectivity index (χ2v) is 18.6. The molecule has 0 aliphatic carbocycles. The fourth-order valence-electron chi connectivity index (χ4n) is 3.50.